The molecule has 3 N–H and O–H groups in total. The summed E-state index contributed by atoms with van der Waals surface area (Å²) in [6.07, 6.45) is 0. The first-order valence-electron chi connectivity index (χ1n) is 4.56. The van der Waals surface area contributed by atoms with Crippen LogP contribution in [0.15, 0.2) is 20.9 Å². The number of nitrogens with zero attached hydrogens (tertiary/aromatic N) is 2. The Balaban J connectivity index is 2.38. The molecule has 0 bridgehead atoms. The molecule has 0 unspecified atom stereocenters. The van der Waals surface area contributed by atoms with E-state index in [9.17, 15) is 17.2 Å². The van der Waals surface area contributed by atoms with Gasteiger partial charge >= 0.3 is 0 Å². The van der Waals surface area contributed by atoms with Gasteiger partial charge < -0.3 is 5.73 Å². The molecular weight excluding hydrogens is 366 g/mol. The molecule has 1 aromatic carbocycles. The number of benzene rings is 1. The van der Waals surface area contributed by atoms with E-state index in [0.717, 1.165) is 6.07 Å². The maximum absolute atomic E-state index is 13.5. The predicted octanol–water partition coefficient (Wildman–Crippen LogP) is 1.96. The Hall–Kier alpha value is -1.33. The summed E-state index contributed by atoms with van der Waals surface area (Å²) in [4.78, 5) is 0. The van der Waals surface area contributed by atoms with Crippen LogP contribution in [0.5, 0.6) is 0 Å². The van der Waals surface area contributed by atoms with E-state index >= 15 is 0 Å². The topological polar surface area (TPSA) is 98.0 Å². The van der Waals surface area contributed by atoms with Crippen molar-refractivity contribution in [3.05, 3.63) is 28.2 Å². The van der Waals surface area contributed by atoms with Crippen LogP contribution in [0.3, 0.4) is 0 Å². The Morgan fingerprint density at radius 1 is 1.26 bits per heavy atom. The van der Waals surface area contributed by atoms with Crippen molar-refractivity contribution < 1.29 is 17.2 Å². The number of nitrogen functional groups attached to an aromatic ring is 1. The van der Waals surface area contributed by atoms with Crippen molar-refractivity contribution in [1.29, 1.82) is 0 Å². The molecule has 102 valence electrons. The Morgan fingerprint density at radius 3 is 2.53 bits per heavy atom. The first-order chi connectivity index (χ1) is 8.79. The molecular formula is C8H5BrF2N4O2S2. The average Bonchev–Trinajstić information content (AvgIpc) is 2.73. The van der Waals surface area contributed by atoms with Gasteiger partial charge in [-0.05, 0) is 22.0 Å². The fourth-order valence-corrected chi connectivity index (χ4v) is 3.28. The molecule has 1 heterocycles. The van der Waals surface area contributed by atoms with E-state index in [0.29, 0.717) is 17.4 Å². The van der Waals surface area contributed by atoms with Crippen LogP contribution >= 0.6 is 27.3 Å². The van der Waals surface area contributed by atoms with Gasteiger partial charge in [0.2, 0.25) is 5.13 Å². The summed E-state index contributed by atoms with van der Waals surface area (Å²) in [5.74, 6) is -1.75. The van der Waals surface area contributed by atoms with Crippen LogP contribution in [-0.4, -0.2) is 18.6 Å². The number of hydrogen-bond donors (Lipinski definition) is 2. The average molecular weight is 371 g/mol. The number of aromatic nitrogens is 2. The van der Waals surface area contributed by atoms with Gasteiger partial charge in [0.15, 0.2) is 0 Å². The number of hydrogen-bond acceptors (Lipinski definition) is 6. The molecule has 0 saturated carbocycles. The summed E-state index contributed by atoms with van der Waals surface area (Å²) >= 11 is 3.39. The zero-order valence-electron chi connectivity index (χ0n) is 8.89. The van der Waals surface area contributed by atoms with Crippen molar-refractivity contribution in [1.82, 2.24) is 10.2 Å². The maximum Gasteiger partial charge on any atom is 0.291 e. The lowest BCUT2D eigenvalue weighted by molar-refractivity contribution is 0.591. The molecule has 0 saturated heterocycles. The lowest BCUT2D eigenvalue weighted by Crippen LogP contribution is -2.14. The van der Waals surface area contributed by atoms with Gasteiger partial charge in [-0.2, -0.15) is 8.42 Å². The molecule has 0 amide bonds. The Labute approximate surface area is 118 Å². The minimum absolute atomic E-state index is 0.0529. The highest BCUT2D eigenvalue weighted by atomic mass is 79.9. The molecule has 0 radical (unpaired) electrons. The zero-order chi connectivity index (χ0) is 14.2. The van der Waals surface area contributed by atoms with Gasteiger partial charge in [0, 0.05) is 6.07 Å². The molecule has 0 aliphatic rings. The van der Waals surface area contributed by atoms with E-state index in [1.54, 1.807) is 0 Å². The molecule has 6 nitrogen and oxygen atoms in total. The van der Waals surface area contributed by atoms with Crippen LogP contribution < -0.4 is 10.5 Å². The van der Waals surface area contributed by atoms with Crippen LogP contribution in [0, 0.1) is 11.6 Å². The smallest absolute Gasteiger partial charge is 0.291 e. The van der Waals surface area contributed by atoms with Gasteiger partial charge in [-0.15, -0.1) is 10.2 Å². The monoisotopic (exact) mass is 370 g/mol. The van der Waals surface area contributed by atoms with Gasteiger partial charge in [0.1, 0.15) is 11.6 Å². The Morgan fingerprint density at radius 2 is 1.95 bits per heavy atom. The maximum atomic E-state index is 13.5. The van der Waals surface area contributed by atoms with Crippen molar-refractivity contribution >= 4 is 48.1 Å². The second kappa shape index (κ2) is 4.98. The number of anilines is 2. The summed E-state index contributed by atoms with van der Waals surface area (Å²) in [6.45, 7) is 0. The fourth-order valence-electron chi connectivity index (χ4n) is 1.12. The quantitative estimate of drug-likeness (QED) is 0.804. The van der Waals surface area contributed by atoms with Crippen LogP contribution in [0.25, 0.3) is 0 Å². The van der Waals surface area contributed by atoms with E-state index in [2.05, 4.69) is 26.1 Å². The van der Waals surface area contributed by atoms with Crippen LogP contribution in [0.1, 0.15) is 0 Å². The second-order valence-electron chi connectivity index (χ2n) is 3.26. The van der Waals surface area contributed by atoms with Gasteiger partial charge in [-0.3, -0.25) is 4.72 Å². The number of nitrogens with one attached hydrogen (secondary N) is 1. The van der Waals surface area contributed by atoms with Crippen LogP contribution in [0.2, 0.25) is 0 Å². The SMILES string of the molecule is Nc1nnc(S(=O)(=O)Nc2cc(F)c(Br)cc2F)s1. The van der Waals surface area contributed by atoms with Crippen LogP contribution in [0.4, 0.5) is 19.6 Å². The van der Waals surface area contributed by atoms with E-state index in [1.807, 2.05) is 4.72 Å². The summed E-state index contributed by atoms with van der Waals surface area (Å²) in [5.41, 5.74) is 4.72. The highest BCUT2D eigenvalue weighted by Gasteiger charge is 2.22. The molecule has 11 heteroatoms. The van der Waals surface area contributed by atoms with Crippen molar-refractivity contribution in [2.45, 2.75) is 4.34 Å². The van der Waals surface area contributed by atoms with E-state index in [-0.39, 0.29) is 9.60 Å². The third-order valence-electron chi connectivity index (χ3n) is 1.91. The highest BCUT2D eigenvalue weighted by molar-refractivity contribution is 9.10. The third-order valence-corrected chi connectivity index (χ3v) is 5.00. The largest absolute Gasteiger partial charge is 0.374 e. The molecule has 0 fully saturated rings. The number of rotatable bonds is 3. The summed E-state index contributed by atoms with van der Waals surface area (Å²) in [5, 5.41) is 6.60. The van der Waals surface area contributed by atoms with Crippen molar-refractivity contribution in [3.8, 4) is 0 Å². The highest BCUT2D eigenvalue weighted by Crippen LogP contribution is 2.26. The van der Waals surface area contributed by atoms with Gasteiger partial charge in [0.05, 0.1) is 10.2 Å². The van der Waals surface area contributed by atoms with E-state index in [4.69, 9.17) is 5.73 Å². The minimum Gasteiger partial charge on any atom is -0.374 e. The normalized spacial score (nSPS) is 11.5. The first-order valence-corrected chi connectivity index (χ1v) is 7.65. The molecule has 0 spiro atoms. The van der Waals surface area contributed by atoms with E-state index in [1.165, 1.54) is 0 Å². The van der Waals surface area contributed by atoms with Gasteiger partial charge in [-0.1, -0.05) is 11.3 Å². The molecule has 2 rings (SSSR count). The fraction of sp³-hybridized carbons (Fsp3) is 0. The molecule has 1 aromatic heterocycles. The first kappa shape index (κ1) is 14.1. The van der Waals surface area contributed by atoms with Crippen LogP contribution in [-0.2, 0) is 10.0 Å². The second-order valence-corrected chi connectivity index (χ2v) is 6.98. The number of sulfonamides is 1. The predicted molar refractivity (Wildman–Crippen MR) is 69.2 cm³/mol. The van der Waals surface area contributed by atoms with Gasteiger partial charge in [-0.25, -0.2) is 8.78 Å². The minimum atomic E-state index is -4.15. The van der Waals surface area contributed by atoms with Gasteiger partial charge in [0.25, 0.3) is 14.4 Å². The molecule has 0 atom stereocenters. The van der Waals surface area contributed by atoms with Crippen molar-refractivity contribution in [2.24, 2.45) is 0 Å². The summed E-state index contributed by atoms with van der Waals surface area (Å²) in [7, 11) is -4.15. The number of halogens is 3. The molecule has 0 aliphatic heterocycles. The van der Waals surface area contributed by atoms with E-state index < -0.39 is 31.7 Å². The number of nitrogens with two attached hydrogens (primary N) is 1. The third kappa shape index (κ3) is 2.98. The lowest BCUT2D eigenvalue weighted by atomic mass is 10.3. The summed E-state index contributed by atoms with van der Waals surface area (Å²) < 4.78 is 51.7. The lowest BCUT2D eigenvalue weighted by Gasteiger charge is -2.07. The zero-order valence-corrected chi connectivity index (χ0v) is 12.1. The molecule has 2 aromatic rings. The molecule has 0 aliphatic carbocycles. The molecule has 19 heavy (non-hydrogen) atoms. The summed E-state index contributed by atoms with van der Waals surface area (Å²) in [6, 6.07) is 1.52. The van der Waals surface area contributed by atoms with Crippen molar-refractivity contribution in [2.75, 3.05) is 10.5 Å². The standard InChI is InChI=1S/C8H5BrF2N4O2S2/c9-3-1-5(11)6(2-4(3)10)15-19(16,17)8-14-13-7(12)18-8/h1-2,15H,(H2,12,13). The Kier molecular flexibility index (Phi) is 3.69. The van der Waals surface area contributed by atoms with Crippen molar-refractivity contribution in [3.63, 3.8) is 0 Å². The Bertz CT molecular complexity index is 734.